The predicted octanol–water partition coefficient (Wildman–Crippen LogP) is 2.73. The topological polar surface area (TPSA) is 61.4 Å². The van der Waals surface area contributed by atoms with Gasteiger partial charge in [0.2, 0.25) is 0 Å². The van der Waals surface area contributed by atoms with Gasteiger partial charge in [0, 0.05) is 17.5 Å². The number of anilines is 1. The van der Waals surface area contributed by atoms with Gasteiger partial charge in [0.1, 0.15) is 0 Å². The molecule has 1 aromatic rings. The van der Waals surface area contributed by atoms with Gasteiger partial charge in [0.15, 0.2) is 0 Å². The molecule has 100 valence electrons. The smallest absolute Gasteiger partial charge is 0.320 e. The number of rotatable bonds is 3. The molecule has 0 spiro atoms. The zero-order valence-electron chi connectivity index (χ0n) is 10.6. The number of aliphatic hydroxyl groups excluding tert-OH is 1. The molecule has 1 aliphatic carbocycles. The van der Waals surface area contributed by atoms with Crippen LogP contribution in [0.25, 0.3) is 0 Å². The summed E-state index contributed by atoms with van der Waals surface area (Å²) in [7, 11) is 0. The lowest BCUT2D eigenvalue weighted by molar-refractivity contribution is 0.176. The Balaban J connectivity index is 1.75. The Bertz CT molecular complexity index is 397. The number of thiophene rings is 1. The summed E-state index contributed by atoms with van der Waals surface area (Å²) in [4.78, 5) is 13.0. The second-order valence-corrected chi connectivity index (χ2v) is 6.20. The van der Waals surface area contributed by atoms with E-state index in [1.807, 2.05) is 19.1 Å². The molecule has 5 heteroatoms. The van der Waals surface area contributed by atoms with E-state index in [9.17, 15) is 4.79 Å². The molecule has 0 saturated heterocycles. The van der Waals surface area contributed by atoms with E-state index < -0.39 is 0 Å². The first-order valence-corrected chi connectivity index (χ1v) is 7.24. The van der Waals surface area contributed by atoms with Crippen molar-refractivity contribution in [2.45, 2.75) is 38.6 Å². The van der Waals surface area contributed by atoms with Crippen molar-refractivity contribution in [2.75, 3.05) is 11.9 Å². The molecular weight excluding hydrogens is 248 g/mol. The van der Waals surface area contributed by atoms with E-state index in [1.54, 1.807) is 11.3 Å². The van der Waals surface area contributed by atoms with Gasteiger partial charge < -0.3 is 10.4 Å². The molecular formula is C13H20N2O2S. The molecule has 0 unspecified atom stereocenters. The quantitative estimate of drug-likeness (QED) is 0.789. The summed E-state index contributed by atoms with van der Waals surface area (Å²) in [5.74, 6) is 0.422. The Morgan fingerprint density at radius 2 is 2.11 bits per heavy atom. The number of carbonyl (C=O) groups excluding carboxylic acids is 1. The fourth-order valence-electron chi connectivity index (χ4n) is 2.32. The van der Waals surface area contributed by atoms with Crippen molar-refractivity contribution in [1.82, 2.24) is 5.32 Å². The second-order valence-electron chi connectivity index (χ2n) is 4.91. The number of urea groups is 1. The Morgan fingerprint density at radius 3 is 2.67 bits per heavy atom. The summed E-state index contributed by atoms with van der Waals surface area (Å²) in [6.45, 7) is 2.29. The molecule has 0 bridgehead atoms. The van der Waals surface area contributed by atoms with E-state index in [4.69, 9.17) is 5.11 Å². The molecule has 2 amide bonds. The minimum atomic E-state index is -0.121. The van der Waals surface area contributed by atoms with E-state index in [0.717, 1.165) is 30.7 Å². The maximum Gasteiger partial charge on any atom is 0.320 e. The monoisotopic (exact) mass is 268 g/mol. The van der Waals surface area contributed by atoms with E-state index in [1.165, 1.54) is 4.88 Å². The molecule has 0 aromatic carbocycles. The van der Waals surface area contributed by atoms with Crippen molar-refractivity contribution in [2.24, 2.45) is 5.92 Å². The van der Waals surface area contributed by atoms with Crippen LogP contribution in [-0.2, 0) is 0 Å². The van der Waals surface area contributed by atoms with Crippen molar-refractivity contribution in [3.63, 3.8) is 0 Å². The van der Waals surface area contributed by atoms with Gasteiger partial charge in [-0.1, -0.05) is 0 Å². The van der Waals surface area contributed by atoms with Crippen molar-refractivity contribution in [1.29, 1.82) is 0 Å². The van der Waals surface area contributed by atoms with Crippen LogP contribution in [0.4, 0.5) is 9.80 Å². The lowest BCUT2D eigenvalue weighted by atomic mass is 9.87. The second kappa shape index (κ2) is 6.20. The Kier molecular flexibility index (Phi) is 4.60. The van der Waals surface area contributed by atoms with Crippen LogP contribution in [0.1, 0.15) is 30.6 Å². The molecule has 0 aliphatic heterocycles. The van der Waals surface area contributed by atoms with Gasteiger partial charge in [-0.05, 0) is 50.7 Å². The molecule has 1 aromatic heterocycles. The van der Waals surface area contributed by atoms with Crippen LogP contribution in [0, 0.1) is 12.8 Å². The normalized spacial score (nSPS) is 23.7. The first-order valence-electron chi connectivity index (χ1n) is 6.42. The van der Waals surface area contributed by atoms with Gasteiger partial charge in [-0.15, -0.1) is 11.3 Å². The van der Waals surface area contributed by atoms with E-state index in [0.29, 0.717) is 5.92 Å². The minimum Gasteiger partial charge on any atom is -0.396 e. The number of hydrogen-bond donors (Lipinski definition) is 3. The number of carbonyl (C=O) groups is 1. The highest BCUT2D eigenvalue weighted by Crippen LogP contribution is 2.24. The highest BCUT2D eigenvalue weighted by atomic mass is 32.1. The van der Waals surface area contributed by atoms with E-state index in [2.05, 4.69) is 10.6 Å². The standard InChI is InChI=1S/C13H20N2O2S/c1-9-2-7-12(18-9)15-13(17)14-11-5-3-10(8-16)4-6-11/h2,7,10-11,16H,3-6,8H2,1H3,(H2,14,15,17). The van der Waals surface area contributed by atoms with Crippen LogP contribution in [-0.4, -0.2) is 23.8 Å². The average molecular weight is 268 g/mol. The van der Waals surface area contributed by atoms with Crippen LogP contribution in [0.2, 0.25) is 0 Å². The van der Waals surface area contributed by atoms with Gasteiger partial charge in [-0.25, -0.2) is 4.79 Å². The van der Waals surface area contributed by atoms with Crippen molar-refractivity contribution in [3.05, 3.63) is 17.0 Å². The SMILES string of the molecule is Cc1ccc(NC(=O)NC2CCC(CO)CC2)s1. The molecule has 4 nitrogen and oxygen atoms in total. The highest BCUT2D eigenvalue weighted by molar-refractivity contribution is 7.16. The summed E-state index contributed by atoms with van der Waals surface area (Å²) < 4.78 is 0. The molecule has 0 radical (unpaired) electrons. The lowest BCUT2D eigenvalue weighted by Crippen LogP contribution is -2.40. The lowest BCUT2D eigenvalue weighted by Gasteiger charge is -2.27. The fraction of sp³-hybridized carbons (Fsp3) is 0.615. The molecule has 1 aliphatic rings. The maximum absolute atomic E-state index is 11.8. The number of hydrogen-bond acceptors (Lipinski definition) is 3. The first kappa shape index (κ1) is 13.4. The number of amides is 2. The number of aryl methyl sites for hydroxylation is 1. The molecule has 18 heavy (non-hydrogen) atoms. The van der Waals surface area contributed by atoms with E-state index >= 15 is 0 Å². The van der Waals surface area contributed by atoms with Crippen molar-refractivity contribution in [3.8, 4) is 0 Å². The zero-order valence-corrected chi connectivity index (χ0v) is 11.4. The number of nitrogens with one attached hydrogen (secondary N) is 2. The minimum absolute atomic E-state index is 0.121. The van der Waals surface area contributed by atoms with Crippen LogP contribution < -0.4 is 10.6 Å². The molecule has 1 fully saturated rings. The van der Waals surface area contributed by atoms with Gasteiger partial charge in [0.05, 0.1) is 5.00 Å². The largest absolute Gasteiger partial charge is 0.396 e. The van der Waals surface area contributed by atoms with Crippen LogP contribution in [0.5, 0.6) is 0 Å². The average Bonchev–Trinajstić information content (AvgIpc) is 2.75. The summed E-state index contributed by atoms with van der Waals surface area (Å²) in [6.07, 6.45) is 3.92. The predicted molar refractivity (Wildman–Crippen MR) is 74.0 cm³/mol. The van der Waals surface area contributed by atoms with Crippen LogP contribution in [0.3, 0.4) is 0 Å². The van der Waals surface area contributed by atoms with Gasteiger partial charge >= 0.3 is 6.03 Å². The van der Waals surface area contributed by atoms with Crippen molar-refractivity contribution < 1.29 is 9.90 Å². The Labute approximate surface area is 111 Å². The fourth-order valence-corrected chi connectivity index (χ4v) is 3.09. The third-order valence-electron chi connectivity index (χ3n) is 3.42. The van der Waals surface area contributed by atoms with Gasteiger partial charge in [-0.2, -0.15) is 0 Å². The molecule has 1 heterocycles. The number of aliphatic hydroxyl groups is 1. The summed E-state index contributed by atoms with van der Waals surface area (Å²) in [5.41, 5.74) is 0. The third kappa shape index (κ3) is 3.71. The maximum atomic E-state index is 11.8. The Morgan fingerprint density at radius 1 is 1.39 bits per heavy atom. The summed E-state index contributed by atoms with van der Waals surface area (Å²) >= 11 is 1.58. The van der Waals surface area contributed by atoms with Crippen LogP contribution in [0.15, 0.2) is 12.1 Å². The molecule has 2 rings (SSSR count). The highest BCUT2D eigenvalue weighted by Gasteiger charge is 2.21. The molecule has 3 N–H and O–H groups in total. The first-order chi connectivity index (χ1) is 8.67. The zero-order chi connectivity index (χ0) is 13.0. The van der Waals surface area contributed by atoms with Crippen LogP contribution >= 0.6 is 11.3 Å². The third-order valence-corrected chi connectivity index (χ3v) is 4.33. The Hall–Kier alpha value is -1.07. The summed E-state index contributed by atoms with van der Waals surface area (Å²) in [5, 5.41) is 15.8. The summed E-state index contributed by atoms with van der Waals surface area (Å²) in [6, 6.07) is 4.03. The molecule has 1 saturated carbocycles. The van der Waals surface area contributed by atoms with E-state index in [-0.39, 0.29) is 18.7 Å². The molecule has 0 atom stereocenters. The van der Waals surface area contributed by atoms with Gasteiger partial charge in [0.25, 0.3) is 0 Å². The van der Waals surface area contributed by atoms with Gasteiger partial charge in [-0.3, -0.25) is 5.32 Å². The van der Waals surface area contributed by atoms with Crippen molar-refractivity contribution >= 4 is 22.4 Å².